The van der Waals surface area contributed by atoms with E-state index in [4.69, 9.17) is 4.98 Å². The van der Waals surface area contributed by atoms with E-state index >= 15 is 0 Å². The van der Waals surface area contributed by atoms with Crippen LogP contribution >= 0.6 is 11.3 Å². The molecule has 0 bridgehead atoms. The topological polar surface area (TPSA) is 70.6 Å². The van der Waals surface area contributed by atoms with Crippen LogP contribution < -0.4 is 0 Å². The van der Waals surface area contributed by atoms with Crippen LogP contribution in [0.3, 0.4) is 0 Å². The van der Waals surface area contributed by atoms with Crippen LogP contribution in [0.15, 0.2) is 53.4 Å². The Balaban J connectivity index is 1.57. The molecule has 6 nitrogen and oxygen atoms in total. The molecule has 1 amide bonds. The summed E-state index contributed by atoms with van der Waals surface area (Å²) in [4.78, 5) is 20.0. The van der Waals surface area contributed by atoms with Crippen LogP contribution in [0, 0.1) is 0 Å². The van der Waals surface area contributed by atoms with E-state index in [9.17, 15) is 13.2 Å². The number of rotatable bonds is 6. The first-order chi connectivity index (χ1) is 14.5. The lowest BCUT2D eigenvalue weighted by Crippen LogP contribution is -2.31. The highest BCUT2D eigenvalue weighted by Crippen LogP contribution is 2.37. The van der Waals surface area contributed by atoms with Gasteiger partial charge in [-0.05, 0) is 49.2 Å². The fourth-order valence-corrected chi connectivity index (χ4v) is 6.52. The third-order valence-electron chi connectivity index (χ3n) is 5.55. The zero-order valence-electron chi connectivity index (χ0n) is 17.1. The van der Waals surface area contributed by atoms with Crippen molar-refractivity contribution in [3.05, 3.63) is 59.1 Å². The number of thiazole rings is 1. The number of carbonyl (C=O) groups is 1. The Hall–Kier alpha value is -2.29. The van der Waals surface area contributed by atoms with E-state index in [-0.39, 0.29) is 16.8 Å². The third kappa shape index (κ3) is 3.75. The zero-order chi connectivity index (χ0) is 21.3. The highest BCUT2D eigenvalue weighted by atomic mass is 32.2. The number of para-hydroxylation sites is 1. The van der Waals surface area contributed by atoms with Crippen molar-refractivity contribution in [3.63, 3.8) is 0 Å². The van der Waals surface area contributed by atoms with E-state index < -0.39 is 10.0 Å². The lowest BCUT2D eigenvalue weighted by molar-refractivity contribution is 0.0735. The summed E-state index contributed by atoms with van der Waals surface area (Å²) in [5, 5.41) is 0.961. The average Bonchev–Trinajstić information content (AvgIpc) is 3.40. The SMILES string of the molecule is CCN(CC)S(=O)(=O)c1ccc(C(=O)N2CCC[C@H]2c2nc3ccccc3s2)cc1. The van der Waals surface area contributed by atoms with Crippen molar-refractivity contribution in [3.8, 4) is 0 Å². The van der Waals surface area contributed by atoms with Crippen molar-refractivity contribution >= 4 is 37.5 Å². The van der Waals surface area contributed by atoms with Crippen LogP contribution in [-0.2, 0) is 10.0 Å². The standard InChI is InChI=1S/C22H25N3O3S2/c1-3-24(4-2)30(27,28)17-13-11-16(12-14-17)22(26)25-15-7-9-19(25)21-23-18-8-5-6-10-20(18)29-21/h5-6,8,10-14,19H,3-4,7,9,15H2,1-2H3/t19-/m0/s1. The van der Waals surface area contributed by atoms with Gasteiger partial charge in [0.2, 0.25) is 10.0 Å². The Morgan fingerprint density at radius 2 is 1.83 bits per heavy atom. The monoisotopic (exact) mass is 443 g/mol. The molecule has 1 aliphatic heterocycles. The first-order valence-electron chi connectivity index (χ1n) is 10.2. The van der Waals surface area contributed by atoms with Crippen molar-refractivity contribution in [1.82, 2.24) is 14.2 Å². The predicted octanol–water partition coefficient (Wildman–Crippen LogP) is 4.30. The summed E-state index contributed by atoms with van der Waals surface area (Å²) >= 11 is 1.64. The van der Waals surface area contributed by atoms with Gasteiger partial charge in [0.1, 0.15) is 5.01 Å². The number of amides is 1. The molecule has 158 valence electrons. The first-order valence-corrected chi connectivity index (χ1v) is 12.5. The minimum Gasteiger partial charge on any atom is -0.329 e. The van der Waals surface area contributed by atoms with Crippen molar-refractivity contribution < 1.29 is 13.2 Å². The van der Waals surface area contributed by atoms with Crippen LogP contribution in [0.25, 0.3) is 10.2 Å². The molecule has 30 heavy (non-hydrogen) atoms. The molecule has 0 saturated carbocycles. The largest absolute Gasteiger partial charge is 0.329 e. The maximum Gasteiger partial charge on any atom is 0.254 e. The second-order valence-corrected chi connectivity index (χ2v) is 10.3. The van der Waals surface area contributed by atoms with Crippen LogP contribution in [0.4, 0.5) is 0 Å². The number of benzene rings is 2. The van der Waals surface area contributed by atoms with Gasteiger partial charge in [0.15, 0.2) is 0 Å². The van der Waals surface area contributed by atoms with E-state index in [1.54, 1.807) is 23.5 Å². The molecule has 1 aliphatic rings. The van der Waals surface area contributed by atoms with Gasteiger partial charge in [0, 0.05) is 25.2 Å². The molecule has 1 saturated heterocycles. The summed E-state index contributed by atoms with van der Waals surface area (Å²) in [5.74, 6) is -0.0801. The van der Waals surface area contributed by atoms with Crippen LogP contribution in [0.5, 0.6) is 0 Å². The Kier molecular flexibility index (Phi) is 5.90. The molecule has 1 fully saturated rings. The van der Waals surface area contributed by atoms with Crippen molar-refractivity contribution in [2.24, 2.45) is 0 Å². The average molecular weight is 444 g/mol. The van der Waals surface area contributed by atoms with Gasteiger partial charge in [-0.25, -0.2) is 13.4 Å². The Labute approximate surface area is 181 Å². The molecule has 1 aromatic heterocycles. The lowest BCUT2D eigenvalue weighted by atomic mass is 10.1. The molecule has 0 radical (unpaired) electrons. The third-order valence-corrected chi connectivity index (χ3v) is 8.76. The molecule has 0 unspecified atom stereocenters. The smallest absolute Gasteiger partial charge is 0.254 e. The lowest BCUT2D eigenvalue weighted by Gasteiger charge is -2.23. The molecular formula is C22H25N3O3S2. The van der Waals surface area contributed by atoms with Crippen molar-refractivity contribution in [2.45, 2.75) is 37.6 Å². The summed E-state index contributed by atoms with van der Waals surface area (Å²) in [5.41, 5.74) is 1.46. The van der Waals surface area contributed by atoms with Gasteiger partial charge >= 0.3 is 0 Å². The van der Waals surface area contributed by atoms with Crippen LogP contribution in [0.2, 0.25) is 0 Å². The number of sulfonamides is 1. The minimum absolute atomic E-state index is 0.0333. The molecule has 0 aliphatic carbocycles. The van der Waals surface area contributed by atoms with E-state index in [1.165, 1.54) is 16.4 Å². The summed E-state index contributed by atoms with van der Waals surface area (Å²) in [6.45, 7) is 5.14. The first kappa shape index (κ1) is 21.0. The molecule has 4 rings (SSSR count). The van der Waals surface area contributed by atoms with E-state index in [0.29, 0.717) is 25.2 Å². The normalized spacial score (nSPS) is 17.2. The molecule has 2 aromatic carbocycles. The predicted molar refractivity (Wildman–Crippen MR) is 119 cm³/mol. The molecule has 3 aromatic rings. The van der Waals surface area contributed by atoms with Gasteiger partial charge in [-0.1, -0.05) is 26.0 Å². The molecule has 2 heterocycles. The summed E-state index contributed by atoms with van der Waals surface area (Å²) in [6, 6.07) is 14.3. The molecule has 1 atom stereocenters. The Morgan fingerprint density at radius 1 is 1.13 bits per heavy atom. The van der Waals surface area contributed by atoms with Crippen LogP contribution in [-0.4, -0.2) is 48.1 Å². The highest BCUT2D eigenvalue weighted by Gasteiger charge is 2.33. The van der Waals surface area contributed by atoms with Gasteiger partial charge in [0.05, 0.1) is 21.2 Å². The van der Waals surface area contributed by atoms with E-state index in [2.05, 4.69) is 0 Å². The second-order valence-electron chi connectivity index (χ2n) is 7.29. The van der Waals surface area contributed by atoms with E-state index in [1.807, 2.05) is 43.0 Å². The molecular weight excluding hydrogens is 418 g/mol. The zero-order valence-corrected chi connectivity index (χ0v) is 18.7. The van der Waals surface area contributed by atoms with Crippen LogP contribution in [0.1, 0.15) is 48.1 Å². The Morgan fingerprint density at radius 3 is 2.50 bits per heavy atom. The van der Waals surface area contributed by atoms with Gasteiger partial charge in [-0.15, -0.1) is 11.3 Å². The number of likely N-dealkylation sites (tertiary alicyclic amines) is 1. The molecule has 0 spiro atoms. The maximum atomic E-state index is 13.2. The summed E-state index contributed by atoms with van der Waals surface area (Å²) in [6.07, 6.45) is 1.82. The molecule has 0 N–H and O–H groups in total. The molecule has 8 heteroatoms. The fraction of sp³-hybridized carbons (Fsp3) is 0.364. The number of aromatic nitrogens is 1. The number of carbonyl (C=O) groups excluding carboxylic acids is 1. The fourth-order valence-electron chi connectivity index (χ4n) is 3.95. The van der Waals surface area contributed by atoms with E-state index in [0.717, 1.165) is 28.1 Å². The number of hydrogen-bond acceptors (Lipinski definition) is 5. The second kappa shape index (κ2) is 8.45. The number of nitrogens with zero attached hydrogens (tertiary/aromatic N) is 3. The van der Waals surface area contributed by atoms with Gasteiger partial charge < -0.3 is 4.90 Å². The van der Waals surface area contributed by atoms with Crippen molar-refractivity contribution in [2.75, 3.05) is 19.6 Å². The Bertz CT molecular complexity index is 1120. The number of fused-ring (bicyclic) bond motifs is 1. The number of hydrogen-bond donors (Lipinski definition) is 0. The quantitative estimate of drug-likeness (QED) is 0.569. The van der Waals surface area contributed by atoms with Gasteiger partial charge in [-0.3, -0.25) is 4.79 Å². The summed E-state index contributed by atoms with van der Waals surface area (Å²) < 4.78 is 27.9. The summed E-state index contributed by atoms with van der Waals surface area (Å²) in [7, 11) is -3.53. The van der Waals surface area contributed by atoms with Gasteiger partial charge in [-0.2, -0.15) is 4.31 Å². The maximum absolute atomic E-state index is 13.2. The minimum atomic E-state index is -3.53. The van der Waals surface area contributed by atoms with Crippen molar-refractivity contribution in [1.29, 1.82) is 0 Å². The highest BCUT2D eigenvalue weighted by molar-refractivity contribution is 7.89. The van der Waals surface area contributed by atoms with Gasteiger partial charge in [0.25, 0.3) is 5.91 Å².